The van der Waals surface area contributed by atoms with Gasteiger partial charge in [0.25, 0.3) is 5.91 Å². The lowest BCUT2D eigenvalue weighted by Gasteiger charge is -2.10. The molecule has 1 amide bonds. The average Bonchev–Trinajstić information content (AvgIpc) is 2.28. The molecule has 0 aliphatic carbocycles. The lowest BCUT2D eigenvalue weighted by Crippen LogP contribution is -2.26. The van der Waals surface area contributed by atoms with Crippen molar-refractivity contribution in [2.75, 3.05) is 11.9 Å². The molecule has 0 spiro atoms. The van der Waals surface area contributed by atoms with Gasteiger partial charge in [0.1, 0.15) is 5.69 Å². The van der Waals surface area contributed by atoms with E-state index >= 15 is 0 Å². The van der Waals surface area contributed by atoms with Crippen LogP contribution in [-0.2, 0) is 0 Å². The van der Waals surface area contributed by atoms with Gasteiger partial charge in [-0.2, -0.15) is 0 Å². The highest BCUT2D eigenvalue weighted by Crippen LogP contribution is 2.07. The SMILES string of the molecule is CC(C)CCNC(=O)c1ccc(NC(C)C)cn1. The van der Waals surface area contributed by atoms with Gasteiger partial charge in [0.15, 0.2) is 0 Å². The molecule has 0 aliphatic rings. The zero-order valence-electron chi connectivity index (χ0n) is 11.7. The molecule has 0 radical (unpaired) electrons. The van der Waals surface area contributed by atoms with Gasteiger partial charge in [0.05, 0.1) is 11.9 Å². The number of aromatic nitrogens is 1. The zero-order valence-corrected chi connectivity index (χ0v) is 11.7. The van der Waals surface area contributed by atoms with Crippen molar-refractivity contribution in [2.45, 2.75) is 40.2 Å². The van der Waals surface area contributed by atoms with Gasteiger partial charge in [-0.05, 0) is 38.3 Å². The molecule has 1 aromatic heterocycles. The molecule has 0 unspecified atom stereocenters. The summed E-state index contributed by atoms with van der Waals surface area (Å²) < 4.78 is 0. The van der Waals surface area contributed by atoms with Crippen LogP contribution in [0.5, 0.6) is 0 Å². The van der Waals surface area contributed by atoms with E-state index in [-0.39, 0.29) is 5.91 Å². The average molecular weight is 249 g/mol. The minimum absolute atomic E-state index is 0.105. The maximum Gasteiger partial charge on any atom is 0.269 e. The Balaban J connectivity index is 2.48. The summed E-state index contributed by atoms with van der Waals surface area (Å²) in [4.78, 5) is 15.9. The normalized spacial score (nSPS) is 10.8. The van der Waals surface area contributed by atoms with Crippen LogP contribution >= 0.6 is 0 Å². The number of carbonyl (C=O) groups is 1. The highest BCUT2D eigenvalue weighted by Gasteiger charge is 2.06. The number of amides is 1. The van der Waals surface area contributed by atoms with E-state index in [0.717, 1.165) is 12.1 Å². The van der Waals surface area contributed by atoms with E-state index in [4.69, 9.17) is 0 Å². The number of hydrogen-bond acceptors (Lipinski definition) is 3. The molecule has 2 N–H and O–H groups in total. The Morgan fingerprint density at radius 1 is 1.28 bits per heavy atom. The number of nitrogens with zero attached hydrogens (tertiary/aromatic N) is 1. The van der Waals surface area contributed by atoms with Crippen molar-refractivity contribution in [3.8, 4) is 0 Å². The predicted octanol–water partition coefficient (Wildman–Crippen LogP) is 2.68. The first-order valence-corrected chi connectivity index (χ1v) is 6.50. The molecule has 0 bridgehead atoms. The Morgan fingerprint density at radius 3 is 2.50 bits per heavy atom. The van der Waals surface area contributed by atoms with Crippen molar-refractivity contribution in [3.63, 3.8) is 0 Å². The second-order valence-corrected chi connectivity index (χ2v) is 5.17. The summed E-state index contributed by atoms with van der Waals surface area (Å²) in [6.45, 7) is 9.09. The summed E-state index contributed by atoms with van der Waals surface area (Å²) >= 11 is 0. The van der Waals surface area contributed by atoms with Crippen molar-refractivity contribution in [3.05, 3.63) is 24.0 Å². The van der Waals surface area contributed by atoms with E-state index in [9.17, 15) is 4.79 Å². The smallest absolute Gasteiger partial charge is 0.269 e. The van der Waals surface area contributed by atoms with Crippen molar-refractivity contribution >= 4 is 11.6 Å². The molecule has 0 aliphatic heterocycles. The molecule has 1 aromatic rings. The van der Waals surface area contributed by atoms with Crippen LogP contribution in [0.3, 0.4) is 0 Å². The van der Waals surface area contributed by atoms with Crippen LogP contribution in [0.2, 0.25) is 0 Å². The molecule has 0 saturated carbocycles. The molecule has 18 heavy (non-hydrogen) atoms. The fourth-order valence-electron chi connectivity index (χ4n) is 1.51. The monoisotopic (exact) mass is 249 g/mol. The minimum Gasteiger partial charge on any atom is -0.382 e. The second-order valence-electron chi connectivity index (χ2n) is 5.17. The fraction of sp³-hybridized carbons (Fsp3) is 0.571. The van der Waals surface area contributed by atoms with Crippen LogP contribution in [0.15, 0.2) is 18.3 Å². The number of pyridine rings is 1. The van der Waals surface area contributed by atoms with Crippen LogP contribution in [0.1, 0.15) is 44.6 Å². The van der Waals surface area contributed by atoms with E-state index in [1.165, 1.54) is 0 Å². The van der Waals surface area contributed by atoms with Gasteiger partial charge in [-0.25, -0.2) is 4.98 Å². The first kappa shape index (κ1) is 14.5. The third-order valence-corrected chi connectivity index (χ3v) is 2.46. The number of rotatable bonds is 6. The molecule has 0 aromatic carbocycles. The Bertz CT molecular complexity index is 371. The lowest BCUT2D eigenvalue weighted by molar-refractivity contribution is 0.0947. The largest absolute Gasteiger partial charge is 0.382 e. The molecule has 0 fully saturated rings. The standard InChI is InChI=1S/C14H23N3O/c1-10(2)7-8-15-14(18)13-6-5-12(9-16-13)17-11(3)4/h5-6,9-11,17H,7-8H2,1-4H3,(H,15,18). The van der Waals surface area contributed by atoms with Gasteiger partial charge in [-0.1, -0.05) is 13.8 Å². The molecule has 4 heteroatoms. The summed E-state index contributed by atoms with van der Waals surface area (Å²) in [5.41, 5.74) is 1.40. The highest BCUT2D eigenvalue weighted by molar-refractivity contribution is 5.92. The fourth-order valence-corrected chi connectivity index (χ4v) is 1.51. The molecule has 0 saturated heterocycles. The number of anilines is 1. The van der Waals surface area contributed by atoms with E-state index in [1.807, 2.05) is 6.07 Å². The second kappa shape index (κ2) is 6.99. The summed E-state index contributed by atoms with van der Waals surface area (Å²) in [6, 6.07) is 3.98. The maximum absolute atomic E-state index is 11.8. The molecule has 4 nitrogen and oxygen atoms in total. The topological polar surface area (TPSA) is 54.0 Å². The van der Waals surface area contributed by atoms with Crippen LogP contribution < -0.4 is 10.6 Å². The van der Waals surface area contributed by atoms with E-state index in [1.54, 1.807) is 12.3 Å². The Labute approximate surface area is 109 Å². The summed E-state index contributed by atoms with van der Waals surface area (Å²) in [5.74, 6) is 0.489. The molecule has 1 rings (SSSR count). The maximum atomic E-state index is 11.8. The van der Waals surface area contributed by atoms with Crippen molar-refractivity contribution in [1.82, 2.24) is 10.3 Å². The minimum atomic E-state index is -0.105. The molecule has 1 heterocycles. The molecular formula is C14H23N3O. The van der Waals surface area contributed by atoms with Crippen LogP contribution in [0.4, 0.5) is 5.69 Å². The molecule has 0 atom stereocenters. The summed E-state index contributed by atoms with van der Waals surface area (Å²) in [5, 5.41) is 6.10. The summed E-state index contributed by atoms with van der Waals surface area (Å²) in [7, 11) is 0. The van der Waals surface area contributed by atoms with Crippen LogP contribution in [-0.4, -0.2) is 23.5 Å². The molecule has 100 valence electrons. The van der Waals surface area contributed by atoms with Gasteiger partial charge < -0.3 is 10.6 Å². The quantitative estimate of drug-likeness (QED) is 0.815. The van der Waals surface area contributed by atoms with E-state index < -0.39 is 0 Å². The van der Waals surface area contributed by atoms with E-state index in [0.29, 0.717) is 24.2 Å². The van der Waals surface area contributed by atoms with Gasteiger partial charge in [-0.15, -0.1) is 0 Å². The lowest BCUT2D eigenvalue weighted by atomic mass is 10.1. The van der Waals surface area contributed by atoms with Gasteiger partial charge >= 0.3 is 0 Å². The van der Waals surface area contributed by atoms with Crippen LogP contribution in [0, 0.1) is 5.92 Å². The first-order chi connectivity index (χ1) is 8.49. The first-order valence-electron chi connectivity index (χ1n) is 6.50. The number of nitrogens with one attached hydrogen (secondary N) is 2. The number of hydrogen-bond donors (Lipinski definition) is 2. The van der Waals surface area contributed by atoms with Gasteiger partial charge in [0, 0.05) is 12.6 Å². The zero-order chi connectivity index (χ0) is 13.5. The van der Waals surface area contributed by atoms with Crippen molar-refractivity contribution in [2.24, 2.45) is 5.92 Å². The Morgan fingerprint density at radius 2 is 2.00 bits per heavy atom. The third kappa shape index (κ3) is 5.17. The van der Waals surface area contributed by atoms with Crippen molar-refractivity contribution in [1.29, 1.82) is 0 Å². The third-order valence-electron chi connectivity index (χ3n) is 2.46. The predicted molar refractivity (Wildman–Crippen MR) is 74.8 cm³/mol. The van der Waals surface area contributed by atoms with Crippen LogP contribution in [0.25, 0.3) is 0 Å². The van der Waals surface area contributed by atoms with E-state index in [2.05, 4.69) is 43.3 Å². The highest BCUT2D eigenvalue weighted by atomic mass is 16.1. The van der Waals surface area contributed by atoms with Gasteiger partial charge in [-0.3, -0.25) is 4.79 Å². The number of carbonyl (C=O) groups excluding carboxylic acids is 1. The Hall–Kier alpha value is -1.58. The molecular weight excluding hydrogens is 226 g/mol. The van der Waals surface area contributed by atoms with Gasteiger partial charge in [0.2, 0.25) is 0 Å². The Kier molecular flexibility index (Phi) is 5.62. The summed E-state index contributed by atoms with van der Waals surface area (Å²) in [6.07, 6.45) is 2.68. The van der Waals surface area contributed by atoms with Crippen molar-refractivity contribution < 1.29 is 4.79 Å².